The first-order valence-electron chi connectivity index (χ1n) is 11.0. The van der Waals surface area contributed by atoms with Crippen LogP contribution in [0.5, 0.6) is 0 Å². The lowest BCUT2D eigenvalue weighted by Gasteiger charge is -2.26. The van der Waals surface area contributed by atoms with Crippen molar-refractivity contribution in [2.24, 2.45) is 0 Å². The number of hydrogen-bond acceptors (Lipinski definition) is 3. The van der Waals surface area contributed by atoms with Gasteiger partial charge in [-0.15, -0.1) is 0 Å². The normalized spacial score (nSPS) is 15.5. The molecule has 0 bridgehead atoms. The van der Waals surface area contributed by atoms with E-state index in [1.165, 1.54) is 11.1 Å². The Bertz CT molecular complexity index is 1310. The van der Waals surface area contributed by atoms with E-state index >= 15 is 0 Å². The van der Waals surface area contributed by atoms with Gasteiger partial charge in [0, 0.05) is 22.8 Å². The van der Waals surface area contributed by atoms with Crippen LogP contribution in [0.2, 0.25) is 5.02 Å². The maximum Gasteiger partial charge on any atom is 0.257 e. The van der Waals surface area contributed by atoms with Crippen molar-refractivity contribution >= 4 is 23.2 Å². The zero-order valence-corrected chi connectivity index (χ0v) is 19.0. The maximum absolute atomic E-state index is 13.2. The summed E-state index contributed by atoms with van der Waals surface area (Å²) in [5.41, 5.74) is 7.81. The van der Waals surface area contributed by atoms with Crippen molar-refractivity contribution in [1.29, 1.82) is 0 Å². The average molecular weight is 445 g/mol. The summed E-state index contributed by atoms with van der Waals surface area (Å²) >= 11 is 6.02. The molecule has 0 saturated heterocycles. The molecule has 162 valence electrons. The summed E-state index contributed by atoms with van der Waals surface area (Å²) in [6.07, 6.45) is 5.44. The summed E-state index contributed by atoms with van der Waals surface area (Å²) in [6, 6.07) is 16.2. The first-order chi connectivity index (χ1) is 15.5. The van der Waals surface area contributed by atoms with Gasteiger partial charge in [0.15, 0.2) is 5.65 Å². The first-order valence-corrected chi connectivity index (χ1v) is 11.4. The number of carbonyl (C=O) groups excluding carboxylic acids is 1. The number of amides is 1. The van der Waals surface area contributed by atoms with Gasteiger partial charge >= 0.3 is 0 Å². The quantitative estimate of drug-likeness (QED) is 0.458. The third-order valence-electron chi connectivity index (χ3n) is 6.42. The number of benzene rings is 2. The van der Waals surface area contributed by atoms with Gasteiger partial charge < -0.3 is 5.32 Å². The number of nitrogens with one attached hydrogen (secondary N) is 1. The highest BCUT2D eigenvalue weighted by molar-refractivity contribution is 6.30. The number of carbonyl (C=O) groups is 1. The van der Waals surface area contributed by atoms with E-state index in [9.17, 15) is 4.79 Å². The molecule has 2 aromatic carbocycles. The third kappa shape index (κ3) is 3.78. The number of aromatic nitrogens is 3. The molecule has 0 spiro atoms. The molecule has 5 rings (SSSR count). The summed E-state index contributed by atoms with van der Waals surface area (Å²) in [6.45, 7) is 4.02. The summed E-state index contributed by atoms with van der Waals surface area (Å²) in [4.78, 5) is 18.0. The third-order valence-corrected chi connectivity index (χ3v) is 6.67. The van der Waals surface area contributed by atoms with E-state index in [4.69, 9.17) is 16.6 Å². The molecule has 1 aliphatic carbocycles. The molecule has 0 saturated carbocycles. The van der Waals surface area contributed by atoms with Gasteiger partial charge in [0.1, 0.15) is 5.56 Å². The molecule has 1 aliphatic rings. The minimum absolute atomic E-state index is 0.0220. The molecule has 0 radical (unpaired) electrons. The highest BCUT2D eigenvalue weighted by Crippen LogP contribution is 2.30. The molecular weight excluding hydrogens is 420 g/mol. The molecule has 1 amide bonds. The lowest BCUT2D eigenvalue weighted by atomic mass is 9.87. The summed E-state index contributed by atoms with van der Waals surface area (Å²) < 4.78 is 1.78. The molecule has 1 unspecified atom stereocenters. The van der Waals surface area contributed by atoms with E-state index in [0.29, 0.717) is 11.2 Å². The van der Waals surface area contributed by atoms with Crippen molar-refractivity contribution < 1.29 is 4.79 Å². The van der Waals surface area contributed by atoms with Gasteiger partial charge in [-0.05, 0) is 67.5 Å². The Balaban J connectivity index is 1.45. The van der Waals surface area contributed by atoms with E-state index in [1.807, 2.05) is 44.2 Å². The van der Waals surface area contributed by atoms with Crippen LogP contribution in [0.4, 0.5) is 0 Å². The van der Waals surface area contributed by atoms with Gasteiger partial charge in [-0.25, -0.2) is 9.50 Å². The predicted octanol–water partition coefficient (Wildman–Crippen LogP) is 5.40. The number of halogens is 1. The minimum atomic E-state index is -0.126. The SMILES string of the molecule is Cc1nc2c(C(=O)NC3CCCc4ccccc43)cnn2c(C)c1Cc1ccc(Cl)cc1. The van der Waals surface area contributed by atoms with Crippen LogP contribution in [-0.2, 0) is 12.8 Å². The lowest BCUT2D eigenvalue weighted by Crippen LogP contribution is -2.31. The second-order valence-corrected chi connectivity index (χ2v) is 8.91. The van der Waals surface area contributed by atoms with E-state index in [0.717, 1.165) is 53.2 Å². The van der Waals surface area contributed by atoms with E-state index in [1.54, 1.807) is 10.7 Å². The fourth-order valence-electron chi connectivity index (χ4n) is 4.67. The molecule has 5 nitrogen and oxygen atoms in total. The maximum atomic E-state index is 13.2. The topological polar surface area (TPSA) is 59.3 Å². The number of rotatable bonds is 4. The number of aryl methyl sites for hydroxylation is 3. The predicted molar refractivity (Wildman–Crippen MR) is 126 cm³/mol. The Labute approximate surface area is 192 Å². The van der Waals surface area contributed by atoms with Crippen LogP contribution >= 0.6 is 11.6 Å². The van der Waals surface area contributed by atoms with Gasteiger partial charge in [-0.2, -0.15) is 5.10 Å². The monoisotopic (exact) mass is 444 g/mol. The minimum Gasteiger partial charge on any atom is -0.345 e. The molecule has 1 atom stereocenters. The van der Waals surface area contributed by atoms with E-state index in [-0.39, 0.29) is 11.9 Å². The second kappa shape index (κ2) is 8.40. The zero-order chi connectivity index (χ0) is 22.2. The fourth-order valence-corrected chi connectivity index (χ4v) is 4.80. The highest BCUT2D eigenvalue weighted by atomic mass is 35.5. The molecular formula is C26H25ClN4O. The van der Waals surface area contributed by atoms with Crippen LogP contribution in [0.3, 0.4) is 0 Å². The Hall–Kier alpha value is -3.18. The molecule has 2 aromatic heterocycles. The lowest BCUT2D eigenvalue weighted by molar-refractivity contribution is 0.0934. The first kappa shape index (κ1) is 20.7. The van der Waals surface area contributed by atoms with Crippen molar-refractivity contribution in [3.8, 4) is 0 Å². The van der Waals surface area contributed by atoms with Gasteiger partial charge in [0.2, 0.25) is 0 Å². The van der Waals surface area contributed by atoms with Crippen molar-refractivity contribution in [3.63, 3.8) is 0 Å². The number of fused-ring (bicyclic) bond motifs is 2. The van der Waals surface area contributed by atoms with Crippen molar-refractivity contribution in [2.75, 3.05) is 0 Å². The summed E-state index contributed by atoms with van der Waals surface area (Å²) in [5.74, 6) is -0.126. The number of hydrogen-bond donors (Lipinski definition) is 1. The molecule has 2 heterocycles. The van der Waals surface area contributed by atoms with Crippen LogP contribution in [0.1, 0.15) is 62.9 Å². The van der Waals surface area contributed by atoms with Crippen molar-refractivity contribution in [1.82, 2.24) is 19.9 Å². The molecule has 32 heavy (non-hydrogen) atoms. The smallest absolute Gasteiger partial charge is 0.257 e. The van der Waals surface area contributed by atoms with Crippen LogP contribution in [0.15, 0.2) is 54.7 Å². The Morgan fingerprint density at radius 2 is 1.94 bits per heavy atom. The Kier molecular flexibility index (Phi) is 5.43. The molecule has 1 N–H and O–H groups in total. The van der Waals surface area contributed by atoms with Crippen LogP contribution in [-0.4, -0.2) is 20.5 Å². The summed E-state index contributed by atoms with van der Waals surface area (Å²) in [7, 11) is 0. The second-order valence-electron chi connectivity index (χ2n) is 8.48. The Morgan fingerprint density at radius 3 is 2.75 bits per heavy atom. The molecule has 0 fully saturated rings. The van der Waals surface area contributed by atoms with Gasteiger partial charge in [-0.3, -0.25) is 4.79 Å². The van der Waals surface area contributed by atoms with Gasteiger partial charge in [0.05, 0.1) is 12.2 Å². The molecule has 4 aromatic rings. The van der Waals surface area contributed by atoms with Crippen molar-refractivity contribution in [2.45, 2.75) is 45.6 Å². The van der Waals surface area contributed by atoms with Crippen LogP contribution < -0.4 is 5.32 Å². The zero-order valence-electron chi connectivity index (χ0n) is 18.2. The standard InChI is InChI=1S/C26H25ClN4O/c1-16-22(14-18-10-12-20(27)13-11-18)17(2)31-25(29-16)23(15-28-31)26(32)30-24-9-5-7-19-6-3-4-8-21(19)24/h3-4,6,8,10-13,15,24H,5,7,9,14H2,1-2H3,(H,30,32). The fraction of sp³-hybridized carbons (Fsp3) is 0.269. The van der Waals surface area contributed by atoms with Crippen LogP contribution in [0.25, 0.3) is 5.65 Å². The average Bonchev–Trinajstić information content (AvgIpc) is 3.22. The molecule has 6 heteroatoms. The van der Waals surface area contributed by atoms with Gasteiger partial charge in [-0.1, -0.05) is 48.0 Å². The Morgan fingerprint density at radius 1 is 1.16 bits per heavy atom. The van der Waals surface area contributed by atoms with Crippen LogP contribution in [0, 0.1) is 13.8 Å². The molecule has 0 aliphatic heterocycles. The summed E-state index contributed by atoms with van der Waals surface area (Å²) in [5, 5.41) is 8.45. The highest BCUT2D eigenvalue weighted by Gasteiger charge is 2.24. The van der Waals surface area contributed by atoms with E-state index < -0.39 is 0 Å². The van der Waals surface area contributed by atoms with Crippen molar-refractivity contribution in [3.05, 3.63) is 99.0 Å². The largest absolute Gasteiger partial charge is 0.345 e. The van der Waals surface area contributed by atoms with Gasteiger partial charge in [0.25, 0.3) is 5.91 Å². The van der Waals surface area contributed by atoms with E-state index in [2.05, 4.69) is 28.6 Å². The number of nitrogens with zero attached hydrogens (tertiary/aromatic N) is 3.